The molecule has 0 unspecified atom stereocenters. The topological polar surface area (TPSA) is 35.0 Å². The van der Waals surface area contributed by atoms with Crippen molar-refractivity contribution < 1.29 is 4.74 Å². The van der Waals surface area contributed by atoms with E-state index in [1.165, 1.54) is 0 Å². The molecule has 0 bridgehead atoms. The third kappa shape index (κ3) is 3.17. The lowest BCUT2D eigenvalue weighted by Gasteiger charge is -2.05. The van der Waals surface area contributed by atoms with Crippen molar-refractivity contribution >= 4 is 22.7 Å². The molecule has 0 saturated heterocycles. The van der Waals surface area contributed by atoms with Gasteiger partial charge in [0.25, 0.3) is 0 Å². The van der Waals surface area contributed by atoms with Gasteiger partial charge in [0.15, 0.2) is 0 Å². The lowest BCUT2D eigenvalue weighted by atomic mass is 10.2. The van der Waals surface area contributed by atoms with E-state index in [2.05, 4.69) is 16.0 Å². The smallest absolute Gasteiger partial charge is 0.139 e. The molecule has 0 atom stereocenters. The predicted molar refractivity (Wildman–Crippen MR) is 72.3 cm³/mol. The van der Waals surface area contributed by atoms with Gasteiger partial charge in [-0.2, -0.15) is 11.8 Å². The first kappa shape index (κ1) is 12.3. The summed E-state index contributed by atoms with van der Waals surface area (Å²) >= 11 is 1.80. The Morgan fingerprint density at radius 3 is 2.88 bits per heavy atom. The summed E-state index contributed by atoms with van der Waals surface area (Å²) in [5, 5.41) is 1.14. The van der Waals surface area contributed by atoms with Crippen LogP contribution in [0.5, 0.6) is 0 Å². The Balaban J connectivity index is 2.13. The minimum Gasteiger partial charge on any atom is -0.384 e. The van der Waals surface area contributed by atoms with Crippen molar-refractivity contribution in [3.8, 4) is 0 Å². The summed E-state index contributed by atoms with van der Waals surface area (Å²) in [6, 6.07) is 8.13. The Morgan fingerprint density at radius 1 is 1.24 bits per heavy atom. The van der Waals surface area contributed by atoms with Gasteiger partial charge in [0.1, 0.15) is 5.82 Å². The van der Waals surface area contributed by atoms with Gasteiger partial charge in [0.2, 0.25) is 0 Å². The van der Waals surface area contributed by atoms with Crippen LogP contribution in [0.1, 0.15) is 11.5 Å². The van der Waals surface area contributed by atoms with Crippen molar-refractivity contribution in [1.29, 1.82) is 0 Å². The van der Waals surface area contributed by atoms with Gasteiger partial charge >= 0.3 is 0 Å². The average Bonchev–Trinajstić information content (AvgIpc) is 2.35. The number of rotatable bonds is 5. The number of thioether (sulfide) groups is 1. The maximum Gasteiger partial charge on any atom is 0.139 e. The second kappa shape index (κ2) is 5.98. The van der Waals surface area contributed by atoms with Crippen LogP contribution in [0.2, 0.25) is 0 Å². The summed E-state index contributed by atoms with van der Waals surface area (Å²) in [6.07, 6.45) is 0. The lowest BCUT2D eigenvalue weighted by molar-refractivity contribution is 0.218. The number of aryl methyl sites for hydroxylation is 1. The van der Waals surface area contributed by atoms with Crippen LogP contribution in [0.25, 0.3) is 10.9 Å². The van der Waals surface area contributed by atoms with Gasteiger partial charge in [-0.05, 0) is 13.0 Å². The van der Waals surface area contributed by atoms with Gasteiger partial charge in [0, 0.05) is 23.9 Å². The van der Waals surface area contributed by atoms with Crippen molar-refractivity contribution in [3.05, 3.63) is 35.8 Å². The third-order valence-electron chi connectivity index (χ3n) is 2.50. The standard InChI is InChI=1S/C13H16N2OS/c1-10-11-5-3-4-6-12(11)15-13(14-10)9-17-8-7-16-2/h3-6H,7-9H2,1-2H3. The first-order valence-corrected chi connectivity index (χ1v) is 6.75. The molecule has 1 heterocycles. The van der Waals surface area contributed by atoms with Crippen molar-refractivity contribution in [1.82, 2.24) is 9.97 Å². The van der Waals surface area contributed by atoms with Crippen LogP contribution in [0, 0.1) is 6.92 Å². The first-order chi connectivity index (χ1) is 8.31. The lowest BCUT2D eigenvalue weighted by Crippen LogP contribution is -1.98. The predicted octanol–water partition coefficient (Wildman–Crippen LogP) is 2.82. The molecule has 0 aliphatic heterocycles. The van der Waals surface area contributed by atoms with E-state index in [1.54, 1.807) is 18.9 Å². The number of methoxy groups -OCH3 is 1. The van der Waals surface area contributed by atoms with E-state index in [9.17, 15) is 0 Å². The second-order valence-electron chi connectivity index (χ2n) is 3.79. The average molecular weight is 248 g/mol. The largest absolute Gasteiger partial charge is 0.384 e. The Morgan fingerprint density at radius 2 is 2.06 bits per heavy atom. The van der Waals surface area contributed by atoms with Crippen LogP contribution in [0.15, 0.2) is 24.3 Å². The highest BCUT2D eigenvalue weighted by Crippen LogP contribution is 2.17. The van der Waals surface area contributed by atoms with Crippen molar-refractivity contribution in [3.63, 3.8) is 0 Å². The SMILES string of the molecule is COCCSCc1nc(C)c2ccccc2n1. The van der Waals surface area contributed by atoms with E-state index in [1.807, 2.05) is 25.1 Å². The molecule has 1 aromatic carbocycles. The number of benzene rings is 1. The normalized spacial score (nSPS) is 10.9. The van der Waals surface area contributed by atoms with Gasteiger partial charge < -0.3 is 4.74 Å². The zero-order valence-corrected chi connectivity index (χ0v) is 11.0. The molecule has 1 aromatic heterocycles. The molecule has 0 fully saturated rings. The van der Waals surface area contributed by atoms with E-state index >= 15 is 0 Å². The van der Waals surface area contributed by atoms with Crippen LogP contribution in [-0.4, -0.2) is 29.4 Å². The van der Waals surface area contributed by atoms with Gasteiger partial charge in [-0.1, -0.05) is 18.2 Å². The summed E-state index contributed by atoms with van der Waals surface area (Å²) in [4.78, 5) is 9.09. The third-order valence-corrected chi connectivity index (χ3v) is 3.42. The highest BCUT2D eigenvalue weighted by atomic mass is 32.2. The van der Waals surface area contributed by atoms with Crippen molar-refractivity contribution in [2.24, 2.45) is 0 Å². The fraction of sp³-hybridized carbons (Fsp3) is 0.385. The maximum absolute atomic E-state index is 5.01. The fourth-order valence-corrected chi connectivity index (χ4v) is 2.41. The molecular weight excluding hydrogens is 232 g/mol. The Hall–Kier alpha value is -1.13. The zero-order valence-electron chi connectivity index (χ0n) is 10.1. The minimum absolute atomic E-state index is 0.775. The van der Waals surface area contributed by atoms with E-state index in [-0.39, 0.29) is 0 Å². The number of aromatic nitrogens is 2. The van der Waals surface area contributed by atoms with Gasteiger partial charge in [-0.3, -0.25) is 0 Å². The minimum atomic E-state index is 0.775. The van der Waals surface area contributed by atoms with E-state index in [4.69, 9.17) is 4.74 Å². The van der Waals surface area contributed by atoms with Gasteiger partial charge in [0.05, 0.1) is 17.9 Å². The molecule has 0 saturated carbocycles. The summed E-state index contributed by atoms with van der Waals surface area (Å²) in [5.41, 5.74) is 2.08. The molecular formula is C13H16N2OS. The summed E-state index contributed by atoms with van der Waals surface area (Å²) in [7, 11) is 1.72. The van der Waals surface area contributed by atoms with Crippen LogP contribution in [-0.2, 0) is 10.5 Å². The molecule has 4 heteroatoms. The number of nitrogens with zero attached hydrogens (tertiary/aromatic N) is 2. The maximum atomic E-state index is 5.01. The molecule has 0 radical (unpaired) electrons. The van der Waals surface area contributed by atoms with E-state index in [0.717, 1.165) is 40.5 Å². The van der Waals surface area contributed by atoms with Crippen LogP contribution in [0.4, 0.5) is 0 Å². The molecule has 0 aliphatic carbocycles. The van der Waals surface area contributed by atoms with Gasteiger partial charge in [-0.15, -0.1) is 0 Å². The summed E-state index contributed by atoms with van der Waals surface area (Å²) in [6.45, 7) is 2.81. The Kier molecular flexibility index (Phi) is 4.34. The number of para-hydroxylation sites is 1. The molecule has 3 nitrogen and oxygen atoms in total. The van der Waals surface area contributed by atoms with E-state index < -0.39 is 0 Å². The number of hydrogen-bond acceptors (Lipinski definition) is 4. The first-order valence-electron chi connectivity index (χ1n) is 5.60. The van der Waals surface area contributed by atoms with Crippen LogP contribution in [0.3, 0.4) is 0 Å². The van der Waals surface area contributed by atoms with E-state index in [0.29, 0.717) is 0 Å². The Bertz CT molecular complexity index is 502. The molecule has 2 rings (SSSR count). The molecule has 0 spiro atoms. The van der Waals surface area contributed by atoms with Crippen LogP contribution >= 0.6 is 11.8 Å². The zero-order chi connectivity index (χ0) is 12.1. The summed E-state index contributed by atoms with van der Waals surface area (Å²) in [5.74, 6) is 2.73. The molecule has 2 aromatic rings. The van der Waals surface area contributed by atoms with Gasteiger partial charge in [-0.25, -0.2) is 9.97 Å². The molecule has 0 aliphatic rings. The van der Waals surface area contributed by atoms with Crippen molar-refractivity contribution in [2.45, 2.75) is 12.7 Å². The number of ether oxygens (including phenoxy) is 1. The monoisotopic (exact) mass is 248 g/mol. The highest BCUT2D eigenvalue weighted by Gasteiger charge is 2.03. The highest BCUT2D eigenvalue weighted by molar-refractivity contribution is 7.98. The molecule has 17 heavy (non-hydrogen) atoms. The number of hydrogen-bond donors (Lipinski definition) is 0. The van der Waals surface area contributed by atoms with Crippen LogP contribution < -0.4 is 0 Å². The van der Waals surface area contributed by atoms with Crippen molar-refractivity contribution in [2.75, 3.05) is 19.5 Å². The summed E-state index contributed by atoms with van der Waals surface area (Å²) < 4.78 is 5.01. The number of fused-ring (bicyclic) bond motifs is 1. The molecule has 0 N–H and O–H groups in total. The quantitative estimate of drug-likeness (QED) is 0.762. The molecule has 0 amide bonds. The molecule has 90 valence electrons. The second-order valence-corrected chi connectivity index (χ2v) is 4.89. The fourth-order valence-electron chi connectivity index (χ4n) is 1.67. The Labute approximate surface area is 106 Å².